The molecule has 1 atom stereocenters. The number of hydrogen-bond acceptors (Lipinski definition) is 2. The van der Waals surface area contributed by atoms with Crippen molar-refractivity contribution in [2.45, 2.75) is 92.4 Å². The van der Waals surface area contributed by atoms with Crippen LogP contribution in [-0.2, 0) is 0 Å². The van der Waals surface area contributed by atoms with Gasteiger partial charge in [-0.3, -0.25) is 0 Å². The Bertz CT molecular complexity index is 228. The number of aliphatic hydroxyl groups is 2. The molecule has 0 heterocycles. The van der Waals surface area contributed by atoms with Gasteiger partial charge in [0.15, 0.2) is 0 Å². The maximum absolute atomic E-state index is 8.63. The number of unbranched alkanes of at least 4 members (excludes halogenated alkanes) is 6. The zero-order valence-corrected chi connectivity index (χ0v) is 15.9. The molecule has 0 spiro atoms. The van der Waals surface area contributed by atoms with Crippen LogP contribution < -0.4 is 0 Å². The third-order valence-electron chi connectivity index (χ3n) is 3.58. The van der Waals surface area contributed by atoms with Gasteiger partial charge in [0.1, 0.15) is 0 Å². The van der Waals surface area contributed by atoms with Crippen molar-refractivity contribution in [1.29, 1.82) is 0 Å². The van der Waals surface area contributed by atoms with E-state index in [-0.39, 0.29) is 6.61 Å². The van der Waals surface area contributed by atoms with Crippen molar-refractivity contribution in [1.82, 2.24) is 0 Å². The van der Waals surface area contributed by atoms with Gasteiger partial charge in [-0.2, -0.15) is 0 Å². The van der Waals surface area contributed by atoms with Crippen molar-refractivity contribution in [2.24, 2.45) is 11.3 Å². The van der Waals surface area contributed by atoms with E-state index in [4.69, 9.17) is 10.2 Å². The molecule has 0 rings (SSSR count). The van der Waals surface area contributed by atoms with Gasteiger partial charge in [0.2, 0.25) is 0 Å². The van der Waals surface area contributed by atoms with E-state index < -0.39 is 0 Å². The first-order valence-corrected chi connectivity index (χ1v) is 9.24. The number of hydrogen-bond donors (Lipinski definition) is 2. The summed E-state index contributed by atoms with van der Waals surface area (Å²) in [5, 5.41) is 17.1. The second kappa shape index (κ2) is 17.0. The van der Waals surface area contributed by atoms with Crippen LogP contribution in [0.5, 0.6) is 0 Å². The first kappa shape index (κ1) is 23.9. The Morgan fingerprint density at radius 3 is 2.00 bits per heavy atom. The molecule has 2 nitrogen and oxygen atoms in total. The first-order chi connectivity index (χ1) is 10.4. The molecular weight excluding hydrogens is 272 g/mol. The van der Waals surface area contributed by atoms with E-state index in [2.05, 4.69) is 40.7 Å². The Morgan fingerprint density at radius 1 is 0.909 bits per heavy atom. The molecule has 0 bridgehead atoms. The summed E-state index contributed by atoms with van der Waals surface area (Å²) in [7, 11) is 0. The highest BCUT2D eigenvalue weighted by Gasteiger charge is 2.14. The second-order valence-corrected chi connectivity index (χ2v) is 7.59. The van der Waals surface area contributed by atoms with Crippen LogP contribution in [0.3, 0.4) is 0 Å². The van der Waals surface area contributed by atoms with Crippen LogP contribution in [0.1, 0.15) is 92.4 Å². The van der Waals surface area contributed by atoms with Crippen LogP contribution in [0, 0.1) is 11.3 Å². The molecule has 0 aliphatic heterocycles. The van der Waals surface area contributed by atoms with Crippen LogP contribution in [-0.4, -0.2) is 23.4 Å². The van der Waals surface area contributed by atoms with E-state index in [0.29, 0.717) is 17.9 Å². The molecule has 2 heteroatoms. The van der Waals surface area contributed by atoms with Gasteiger partial charge in [-0.05, 0) is 37.0 Å². The predicted octanol–water partition coefficient (Wildman–Crippen LogP) is 5.73. The predicted molar refractivity (Wildman–Crippen MR) is 99.2 cm³/mol. The monoisotopic (exact) mass is 314 g/mol. The fraction of sp³-hybridized carbons (Fsp3) is 0.900. The molecular formula is C20H42O2. The SMILES string of the molecule is CC(CCO)CC(C)(C)C.CCCCCCCC/C=C/CO. The largest absolute Gasteiger partial charge is 0.396 e. The molecule has 0 aromatic rings. The van der Waals surface area contributed by atoms with E-state index in [0.717, 1.165) is 12.8 Å². The number of aliphatic hydroxyl groups excluding tert-OH is 2. The molecule has 0 aromatic heterocycles. The summed E-state index contributed by atoms with van der Waals surface area (Å²) >= 11 is 0. The lowest BCUT2D eigenvalue weighted by atomic mass is 9.84. The van der Waals surface area contributed by atoms with E-state index in [1.807, 2.05) is 6.08 Å². The van der Waals surface area contributed by atoms with Gasteiger partial charge >= 0.3 is 0 Å². The van der Waals surface area contributed by atoms with Crippen LogP contribution in [0.2, 0.25) is 0 Å². The average molecular weight is 315 g/mol. The van der Waals surface area contributed by atoms with Crippen molar-refractivity contribution in [2.75, 3.05) is 13.2 Å². The summed E-state index contributed by atoms with van der Waals surface area (Å²) in [5.41, 5.74) is 0.411. The van der Waals surface area contributed by atoms with Crippen molar-refractivity contribution in [3.63, 3.8) is 0 Å². The average Bonchev–Trinajstić information content (AvgIpc) is 2.41. The Balaban J connectivity index is 0. The summed E-state index contributed by atoms with van der Waals surface area (Å²) in [6.45, 7) is 11.7. The minimum Gasteiger partial charge on any atom is -0.396 e. The van der Waals surface area contributed by atoms with Crippen LogP contribution >= 0.6 is 0 Å². The van der Waals surface area contributed by atoms with Crippen molar-refractivity contribution >= 4 is 0 Å². The molecule has 0 radical (unpaired) electrons. The standard InChI is InChI=1S/C11H22O.C9H20O/c1-2-3-4-5-6-7-8-9-10-11-12;1-8(5-6-10)7-9(2,3)4/h9-10,12H,2-8,11H2,1H3;8,10H,5-7H2,1-4H3/b10-9+;. The van der Waals surface area contributed by atoms with E-state index >= 15 is 0 Å². The summed E-state index contributed by atoms with van der Waals surface area (Å²) < 4.78 is 0. The molecule has 0 aliphatic carbocycles. The first-order valence-electron chi connectivity index (χ1n) is 9.24. The second-order valence-electron chi connectivity index (χ2n) is 7.59. The third-order valence-corrected chi connectivity index (χ3v) is 3.58. The molecule has 134 valence electrons. The van der Waals surface area contributed by atoms with E-state index in [9.17, 15) is 0 Å². The molecule has 2 N–H and O–H groups in total. The number of rotatable bonds is 11. The lowest BCUT2D eigenvalue weighted by Gasteiger charge is -2.22. The third kappa shape index (κ3) is 24.7. The molecule has 22 heavy (non-hydrogen) atoms. The minimum absolute atomic E-state index is 0.190. The van der Waals surface area contributed by atoms with E-state index in [1.165, 1.54) is 44.9 Å². The van der Waals surface area contributed by atoms with Crippen LogP contribution in [0.25, 0.3) is 0 Å². The lowest BCUT2D eigenvalue weighted by Crippen LogP contribution is -2.11. The summed E-state index contributed by atoms with van der Waals surface area (Å²) in [4.78, 5) is 0. The smallest absolute Gasteiger partial charge is 0.0612 e. The van der Waals surface area contributed by atoms with Gasteiger partial charge in [0, 0.05) is 6.61 Å². The molecule has 0 aliphatic rings. The molecule has 1 unspecified atom stereocenters. The van der Waals surface area contributed by atoms with Gasteiger partial charge in [-0.25, -0.2) is 0 Å². The zero-order chi connectivity index (χ0) is 17.3. The Labute approximate surface area is 140 Å². The molecule has 0 aromatic carbocycles. The topological polar surface area (TPSA) is 40.5 Å². The van der Waals surface area contributed by atoms with Gasteiger partial charge in [-0.15, -0.1) is 0 Å². The molecule has 0 amide bonds. The number of allylic oxidation sites excluding steroid dienone is 1. The van der Waals surface area contributed by atoms with Crippen molar-refractivity contribution in [3.8, 4) is 0 Å². The summed E-state index contributed by atoms with van der Waals surface area (Å²) in [6.07, 6.45) is 15.3. The maximum Gasteiger partial charge on any atom is 0.0612 e. The summed E-state index contributed by atoms with van der Waals surface area (Å²) in [6, 6.07) is 0. The highest BCUT2D eigenvalue weighted by Crippen LogP contribution is 2.25. The minimum atomic E-state index is 0.190. The van der Waals surface area contributed by atoms with Crippen molar-refractivity contribution < 1.29 is 10.2 Å². The highest BCUT2D eigenvalue weighted by molar-refractivity contribution is 4.80. The van der Waals surface area contributed by atoms with Gasteiger partial charge in [-0.1, -0.05) is 78.9 Å². The Kier molecular flexibility index (Phi) is 18.5. The quantitative estimate of drug-likeness (QED) is 0.378. The Morgan fingerprint density at radius 2 is 1.50 bits per heavy atom. The van der Waals surface area contributed by atoms with Crippen molar-refractivity contribution in [3.05, 3.63) is 12.2 Å². The van der Waals surface area contributed by atoms with Gasteiger partial charge in [0.05, 0.1) is 6.61 Å². The summed E-state index contributed by atoms with van der Waals surface area (Å²) in [5.74, 6) is 0.657. The lowest BCUT2D eigenvalue weighted by molar-refractivity contribution is 0.227. The fourth-order valence-corrected chi connectivity index (χ4v) is 2.60. The van der Waals surface area contributed by atoms with Crippen LogP contribution in [0.4, 0.5) is 0 Å². The molecule has 0 saturated heterocycles. The molecule has 0 fully saturated rings. The van der Waals surface area contributed by atoms with Gasteiger partial charge < -0.3 is 10.2 Å². The highest BCUT2D eigenvalue weighted by atomic mass is 16.3. The zero-order valence-electron chi connectivity index (χ0n) is 15.9. The van der Waals surface area contributed by atoms with E-state index in [1.54, 1.807) is 0 Å². The molecule has 0 saturated carbocycles. The maximum atomic E-state index is 8.63. The van der Waals surface area contributed by atoms with Crippen LogP contribution in [0.15, 0.2) is 12.2 Å². The fourth-order valence-electron chi connectivity index (χ4n) is 2.60. The Hall–Kier alpha value is -0.340. The normalized spacial score (nSPS) is 13.0. The van der Waals surface area contributed by atoms with Gasteiger partial charge in [0.25, 0.3) is 0 Å².